The van der Waals surface area contributed by atoms with E-state index in [1.54, 1.807) is 0 Å². The standard InChI is InChI=1S/C29H39NO6/c1-4-5-6-7-14-19-25(31)36-27(22(2)3)26(28(32)34-20-23-15-10-8-11-16-23)30-29(33)35-21-24-17-12-9-13-18-24/h8-13,15-18,22,26-27H,4-7,14,19-21H2,1-3H3,(H,30,33)/t26-,27-/m0/s1. The van der Waals surface area contributed by atoms with E-state index in [9.17, 15) is 14.4 Å². The molecule has 0 radical (unpaired) electrons. The van der Waals surface area contributed by atoms with Gasteiger partial charge in [-0.25, -0.2) is 9.59 Å². The number of nitrogens with one attached hydrogen (secondary N) is 1. The minimum absolute atomic E-state index is 0.0348. The van der Waals surface area contributed by atoms with Gasteiger partial charge in [0, 0.05) is 6.42 Å². The van der Waals surface area contributed by atoms with E-state index in [-0.39, 0.29) is 25.6 Å². The van der Waals surface area contributed by atoms with Crippen LogP contribution in [0.3, 0.4) is 0 Å². The molecule has 0 saturated carbocycles. The normalized spacial score (nSPS) is 12.4. The number of hydrogen-bond donors (Lipinski definition) is 1. The van der Waals surface area contributed by atoms with E-state index in [4.69, 9.17) is 14.2 Å². The van der Waals surface area contributed by atoms with Gasteiger partial charge in [-0.15, -0.1) is 0 Å². The average Bonchev–Trinajstić information content (AvgIpc) is 2.89. The molecule has 196 valence electrons. The van der Waals surface area contributed by atoms with Gasteiger partial charge < -0.3 is 19.5 Å². The molecule has 0 saturated heterocycles. The fourth-order valence-corrected chi connectivity index (χ4v) is 3.66. The number of unbranched alkanes of at least 4 members (excludes halogenated alkanes) is 4. The summed E-state index contributed by atoms with van der Waals surface area (Å²) in [7, 11) is 0. The molecule has 2 rings (SSSR count). The lowest BCUT2D eigenvalue weighted by atomic mass is 9.99. The van der Waals surface area contributed by atoms with E-state index in [2.05, 4.69) is 12.2 Å². The maximum absolute atomic E-state index is 13.1. The predicted octanol–water partition coefficient (Wildman–Crippen LogP) is 5.95. The minimum Gasteiger partial charge on any atom is -0.459 e. The summed E-state index contributed by atoms with van der Waals surface area (Å²) in [6, 6.07) is 17.2. The fourth-order valence-electron chi connectivity index (χ4n) is 3.66. The van der Waals surface area contributed by atoms with Gasteiger partial charge in [0.05, 0.1) is 0 Å². The van der Waals surface area contributed by atoms with Gasteiger partial charge in [0.2, 0.25) is 0 Å². The summed E-state index contributed by atoms with van der Waals surface area (Å²) in [6.45, 7) is 5.87. The molecular formula is C29H39NO6. The van der Waals surface area contributed by atoms with Crippen molar-refractivity contribution >= 4 is 18.0 Å². The molecule has 0 unspecified atom stereocenters. The van der Waals surface area contributed by atoms with Crippen molar-refractivity contribution < 1.29 is 28.6 Å². The molecule has 2 atom stereocenters. The predicted molar refractivity (Wildman–Crippen MR) is 138 cm³/mol. The second-order valence-electron chi connectivity index (χ2n) is 9.14. The summed E-state index contributed by atoms with van der Waals surface area (Å²) in [5.41, 5.74) is 1.62. The molecule has 0 bridgehead atoms. The van der Waals surface area contributed by atoms with Crippen molar-refractivity contribution in [2.75, 3.05) is 0 Å². The summed E-state index contributed by atoms with van der Waals surface area (Å²) >= 11 is 0. The Morgan fingerprint density at radius 2 is 1.33 bits per heavy atom. The van der Waals surface area contributed by atoms with Crippen LogP contribution in [0.2, 0.25) is 0 Å². The van der Waals surface area contributed by atoms with Crippen molar-refractivity contribution in [2.24, 2.45) is 5.92 Å². The van der Waals surface area contributed by atoms with Crippen LogP contribution in [-0.2, 0) is 37.0 Å². The first kappa shape index (κ1) is 28.9. The highest BCUT2D eigenvalue weighted by molar-refractivity contribution is 5.82. The van der Waals surface area contributed by atoms with Crippen molar-refractivity contribution in [1.29, 1.82) is 0 Å². The number of carbonyl (C=O) groups is 3. The second-order valence-corrected chi connectivity index (χ2v) is 9.14. The first-order valence-corrected chi connectivity index (χ1v) is 12.8. The van der Waals surface area contributed by atoms with Crippen molar-refractivity contribution in [3.63, 3.8) is 0 Å². The van der Waals surface area contributed by atoms with Crippen LogP contribution >= 0.6 is 0 Å². The van der Waals surface area contributed by atoms with Crippen LogP contribution in [0.5, 0.6) is 0 Å². The molecule has 0 spiro atoms. The number of carbonyl (C=O) groups excluding carboxylic acids is 3. The van der Waals surface area contributed by atoms with Crippen LogP contribution in [0.15, 0.2) is 60.7 Å². The number of alkyl carbamates (subject to hydrolysis) is 1. The highest BCUT2D eigenvalue weighted by Gasteiger charge is 2.37. The first-order chi connectivity index (χ1) is 17.4. The zero-order chi connectivity index (χ0) is 26.2. The van der Waals surface area contributed by atoms with Crippen LogP contribution in [0.4, 0.5) is 4.79 Å². The van der Waals surface area contributed by atoms with Crippen LogP contribution in [0.1, 0.15) is 70.4 Å². The second kappa shape index (κ2) is 16.3. The van der Waals surface area contributed by atoms with Gasteiger partial charge >= 0.3 is 18.0 Å². The molecule has 0 fully saturated rings. The molecule has 0 aliphatic carbocycles. The Balaban J connectivity index is 2.05. The van der Waals surface area contributed by atoms with Crippen LogP contribution < -0.4 is 5.32 Å². The zero-order valence-electron chi connectivity index (χ0n) is 21.6. The Bertz CT molecular complexity index is 916. The maximum Gasteiger partial charge on any atom is 0.408 e. The van der Waals surface area contributed by atoms with Crippen molar-refractivity contribution in [3.05, 3.63) is 71.8 Å². The van der Waals surface area contributed by atoms with E-state index >= 15 is 0 Å². The SMILES string of the molecule is CCCCCCCC(=O)O[C@@H](C(C)C)[C@H](NC(=O)OCc1ccccc1)C(=O)OCc1ccccc1. The number of amides is 1. The highest BCUT2D eigenvalue weighted by atomic mass is 16.6. The smallest absolute Gasteiger partial charge is 0.408 e. The summed E-state index contributed by atoms with van der Waals surface area (Å²) in [5.74, 6) is -1.34. The fraction of sp³-hybridized carbons (Fsp3) is 0.483. The third kappa shape index (κ3) is 10.9. The third-order valence-corrected chi connectivity index (χ3v) is 5.70. The highest BCUT2D eigenvalue weighted by Crippen LogP contribution is 2.17. The van der Waals surface area contributed by atoms with Crippen molar-refractivity contribution in [1.82, 2.24) is 5.32 Å². The molecule has 0 heterocycles. The number of hydrogen-bond acceptors (Lipinski definition) is 6. The summed E-state index contributed by atoms with van der Waals surface area (Å²) in [4.78, 5) is 38.3. The van der Waals surface area contributed by atoms with E-state index in [1.165, 1.54) is 0 Å². The molecule has 2 aromatic carbocycles. The average molecular weight is 498 g/mol. The van der Waals surface area contributed by atoms with Gasteiger partial charge in [-0.3, -0.25) is 4.79 Å². The van der Waals surface area contributed by atoms with E-state index in [0.29, 0.717) is 0 Å². The third-order valence-electron chi connectivity index (χ3n) is 5.70. The number of esters is 2. The molecule has 0 aliphatic heterocycles. The Kier molecular flexibility index (Phi) is 13.1. The van der Waals surface area contributed by atoms with Gasteiger partial charge in [0.25, 0.3) is 0 Å². The largest absolute Gasteiger partial charge is 0.459 e. The summed E-state index contributed by atoms with van der Waals surface area (Å²) in [6.07, 6.45) is 3.56. The van der Waals surface area contributed by atoms with Crippen LogP contribution in [-0.4, -0.2) is 30.2 Å². The molecular weight excluding hydrogens is 458 g/mol. The maximum atomic E-state index is 13.1. The van der Waals surface area contributed by atoms with E-state index in [1.807, 2.05) is 74.5 Å². The lowest BCUT2D eigenvalue weighted by Gasteiger charge is -2.29. The molecule has 0 aliphatic rings. The molecule has 2 aromatic rings. The number of ether oxygens (including phenoxy) is 3. The molecule has 36 heavy (non-hydrogen) atoms. The summed E-state index contributed by atoms with van der Waals surface area (Å²) < 4.78 is 16.5. The van der Waals surface area contributed by atoms with Gasteiger partial charge in [-0.1, -0.05) is 107 Å². The Morgan fingerprint density at radius 3 is 1.89 bits per heavy atom. The molecule has 1 amide bonds. The van der Waals surface area contributed by atoms with Crippen LogP contribution in [0, 0.1) is 5.92 Å². The number of rotatable bonds is 15. The topological polar surface area (TPSA) is 90.9 Å². The van der Waals surface area contributed by atoms with E-state index in [0.717, 1.165) is 43.2 Å². The van der Waals surface area contributed by atoms with E-state index < -0.39 is 30.2 Å². The zero-order valence-corrected chi connectivity index (χ0v) is 21.6. The monoisotopic (exact) mass is 497 g/mol. The van der Waals surface area contributed by atoms with Gasteiger partial charge in [0.1, 0.15) is 19.3 Å². The number of benzene rings is 2. The Labute approximate surface area is 214 Å². The quantitative estimate of drug-likeness (QED) is 0.186. The summed E-state index contributed by atoms with van der Waals surface area (Å²) in [5, 5.41) is 2.58. The van der Waals surface area contributed by atoms with Crippen molar-refractivity contribution in [3.8, 4) is 0 Å². The van der Waals surface area contributed by atoms with Crippen molar-refractivity contribution in [2.45, 2.75) is 84.7 Å². The first-order valence-electron chi connectivity index (χ1n) is 12.8. The minimum atomic E-state index is -1.21. The Morgan fingerprint density at radius 1 is 0.778 bits per heavy atom. The lowest BCUT2D eigenvalue weighted by Crippen LogP contribution is -2.53. The molecule has 0 aromatic heterocycles. The lowest BCUT2D eigenvalue weighted by molar-refractivity contribution is -0.161. The van der Waals surface area contributed by atoms with Gasteiger partial charge in [-0.2, -0.15) is 0 Å². The Hall–Kier alpha value is -3.35. The van der Waals surface area contributed by atoms with Gasteiger partial charge in [0.15, 0.2) is 6.04 Å². The van der Waals surface area contributed by atoms with Gasteiger partial charge in [-0.05, 0) is 23.5 Å². The molecule has 7 heteroatoms. The molecule has 1 N–H and O–H groups in total. The van der Waals surface area contributed by atoms with Crippen LogP contribution in [0.25, 0.3) is 0 Å². The molecule has 7 nitrogen and oxygen atoms in total.